The van der Waals surface area contributed by atoms with Crippen LogP contribution in [0.25, 0.3) is 10.8 Å². The van der Waals surface area contributed by atoms with Crippen LogP contribution in [0.4, 0.5) is 13.2 Å². The Bertz CT molecular complexity index is 864. The smallest absolute Gasteiger partial charge is 0.409 e. The number of carbonyl (C=O) groups excluding carboxylic acids is 1. The van der Waals surface area contributed by atoms with Gasteiger partial charge in [0.2, 0.25) is 5.91 Å². The molecule has 3 rings (SSSR count). The lowest BCUT2D eigenvalue weighted by atomic mass is 9.95. The Balaban J connectivity index is 2.06. The molecule has 1 atom stereocenters. The number of nitrogens with zero attached hydrogens (tertiary/aromatic N) is 1. The number of unbranched alkanes of at least 4 members (excludes halogenated alkanes) is 1. The Morgan fingerprint density at radius 2 is 2.00 bits per heavy atom. The number of ether oxygens (including phenoxy) is 1. The van der Waals surface area contributed by atoms with Crippen molar-refractivity contribution < 1.29 is 22.7 Å². The lowest BCUT2D eigenvalue weighted by Gasteiger charge is -2.38. The highest BCUT2D eigenvalue weighted by atomic mass is 19.4. The van der Waals surface area contributed by atoms with Crippen LogP contribution in [0.5, 0.6) is 5.75 Å². The van der Waals surface area contributed by atoms with E-state index in [-0.39, 0.29) is 12.0 Å². The van der Waals surface area contributed by atoms with Gasteiger partial charge in [-0.05, 0) is 43.4 Å². The molecule has 1 N–H and O–H groups in total. The summed E-state index contributed by atoms with van der Waals surface area (Å²) in [6.45, 7) is 5.82. The summed E-state index contributed by atoms with van der Waals surface area (Å²) in [5.74, 6) is 0.155. The maximum atomic E-state index is 14.1. The minimum atomic E-state index is -4.55. The molecule has 0 saturated carbocycles. The van der Waals surface area contributed by atoms with Crippen LogP contribution in [0.2, 0.25) is 0 Å². The number of alkyl halides is 3. The highest BCUT2D eigenvalue weighted by molar-refractivity contribution is 5.89. The highest BCUT2D eigenvalue weighted by Gasteiger charge is 2.53. The molecular formula is C21H25F3N2O2. The molecule has 1 heterocycles. The summed E-state index contributed by atoms with van der Waals surface area (Å²) in [5, 5.41) is 2.47. The standard InChI is InChI=1S/C21H25F3N2O2/c1-4-5-11-28-17-8-6-7-14-9-10-15(12-16(14)17)19(21(22,23)24)26-20(2,3)13-18(27)25-26/h6-10,12,19H,4-5,11,13H2,1-3H3,(H,25,27). The monoisotopic (exact) mass is 394 g/mol. The van der Waals surface area contributed by atoms with Crippen molar-refractivity contribution in [1.29, 1.82) is 0 Å². The zero-order chi connectivity index (χ0) is 20.5. The van der Waals surface area contributed by atoms with Gasteiger partial charge in [-0.2, -0.15) is 18.2 Å². The summed E-state index contributed by atoms with van der Waals surface area (Å²) in [5.41, 5.74) is 1.51. The van der Waals surface area contributed by atoms with Crippen molar-refractivity contribution in [3.63, 3.8) is 0 Å². The Hall–Kier alpha value is -2.28. The topological polar surface area (TPSA) is 41.6 Å². The first kappa shape index (κ1) is 20.5. The van der Waals surface area contributed by atoms with Gasteiger partial charge in [0.1, 0.15) is 5.75 Å². The maximum absolute atomic E-state index is 14.1. The van der Waals surface area contributed by atoms with Crippen molar-refractivity contribution in [2.75, 3.05) is 6.61 Å². The molecule has 28 heavy (non-hydrogen) atoms. The average molecular weight is 394 g/mol. The SMILES string of the molecule is CCCCOc1cccc2ccc(C(N3NC(=O)CC3(C)C)C(F)(F)F)cc12. The van der Waals surface area contributed by atoms with Gasteiger partial charge >= 0.3 is 6.18 Å². The summed E-state index contributed by atoms with van der Waals surface area (Å²) in [6, 6.07) is 8.16. The fourth-order valence-corrected chi connectivity index (χ4v) is 3.59. The van der Waals surface area contributed by atoms with E-state index >= 15 is 0 Å². The first-order valence-corrected chi connectivity index (χ1v) is 9.44. The van der Waals surface area contributed by atoms with Crippen LogP contribution in [0.3, 0.4) is 0 Å². The molecule has 0 radical (unpaired) electrons. The largest absolute Gasteiger partial charge is 0.493 e. The van der Waals surface area contributed by atoms with Crippen LogP contribution >= 0.6 is 0 Å². The Morgan fingerprint density at radius 3 is 2.61 bits per heavy atom. The third-order valence-corrected chi connectivity index (χ3v) is 5.00. The molecule has 1 fully saturated rings. The molecule has 1 aliphatic rings. The van der Waals surface area contributed by atoms with E-state index < -0.39 is 23.7 Å². The van der Waals surface area contributed by atoms with E-state index in [2.05, 4.69) is 5.43 Å². The van der Waals surface area contributed by atoms with Crippen molar-refractivity contribution >= 4 is 16.7 Å². The summed E-state index contributed by atoms with van der Waals surface area (Å²) in [7, 11) is 0. The first-order valence-electron chi connectivity index (χ1n) is 9.44. The highest BCUT2D eigenvalue weighted by Crippen LogP contribution is 2.43. The second-order valence-electron chi connectivity index (χ2n) is 7.78. The zero-order valence-corrected chi connectivity index (χ0v) is 16.3. The second kappa shape index (κ2) is 7.62. The van der Waals surface area contributed by atoms with Gasteiger partial charge in [-0.25, -0.2) is 0 Å². The average Bonchev–Trinajstić information content (AvgIpc) is 2.86. The number of fused-ring (bicyclic) bond motifs is 1. The van der Waals surface area contributed by atoms with Gasteiger partial charge in [0.05, 0.1) is 6.61 Å². The minimum Gasteiger partial charge on any atom is -0.493 e. The van der Waals surface area contributed by atoms with E-state index in [0.29, 0.717) is 17.7 Å². The number of carbonyl (C=O) groups is 1. The van der Waals surface area contributed by atoms with Crippen molar-refractivity contribution in [1.82, 2.24) is 10.4 Å². The summed E-state index contributed by atoms with van der Waals surface area (Å²) in [4.78, 5) is 11.8. The van der Waals surface area contributed by atoms with Gasteiger partial charge in [-0.15, -0.1) is 0 Å². The Kier molecular flexibility index (Phi) is 5.57. The molecule has 1 saturated heterocycles. The number of benzene rings is 2. The van der Waals surface area contributed by atoms with E-state index in [1.165, 1.54) is 12.1 Å². The van der Waals surface area contributed by atoms with Gasteiger partial charge in [0.25, 0.3) is 0 Å². The fraction of sp³-hybridized carbons (Fsp3) is 0.476. The van der Waals surface area contributed by atoms with Crippen LogP contribution in [0.15, 0.2) is 36.4 Å². The van der Waals surface area contributed by atoms with Crippen LogP contribution < -0.4 is 10.2 Å². The van der Waals surface area contributed by atoms with Crippen LogP contribution in [0, 0.1) is 0 Å². The van der Waals surface area contributed by atoms with E-state index in [1.54, 1.807) is 26.0 Å². The van der Waals surface area contributed by atoms with Gasteiger partial charge in [-0.1, -0.05) is 37.6 Å². The van der Waals surface area contributed by atoms with E-state index in [0.717, 1.165) is 23.2 Å². The predicted octanol–water partition coefficient (Wildman–Crippen LogP) is 5.14. The van der Waals surface area contributed by atoms with Crippen molar-refractivity contribution in [3.8, 4) is 5.75 Å². The molecule has 1 unspecified atom stereocenters. The van der Waals surface area contributed by atoms with E-state index in [9.17, 15) is 18.0 Å². The molecular weight excluding hydrogens is 369 g/mol. The minimum absolute atomic E-state index is 0.0124. The fourth-order valence-electron chi connectivity index (χ4n) is 3.59. The molecule has 152 valence electrons. The summed E-state index contributed by atoms with van der Waals surface area (Å²) in [6.07, 6.45) is -2.70. The van der Waals surface area contributed by atoms with Gasteiger partial charge in [0.15, 0.2) is 6.04 Å². The Labute approximate surface area is 162 Å². The Morgan fingerprint density at radius 1 is 1.25 bits per heavy atom. The number of hydrogen-bond donors (Lipinski definition) is 1. The second-order valence-corrected chi connectivity index (χ2v) is 7.78. The number of hydrazine groups is 1. The first-order chi connectivity index (χ1) is 13.1. The lowest BCUT2D eigenvalue weighted by Crippen LogP contribution is -2.51. The third-order valence-electron chi connectivity index (χ3n) is 5.00. The van der Waals surface area contributed by atoms with E-state index in [1.807, 2.05) is 19.1 Å². The molecule has 1 amide bonds. The summed E-state index contributed by atoms with van der Waals surface area (Å²) >= 11 is 0. The number of amides is 1. The molecule has 1 aliphatic heterocycles. The normalized spacial score (nSPS) is 18.3. The molecule has 7 heteroatoms. The molecule has 0 aliphatic carbocycles. The lowest BCUT2D eigenvalue weighted by molar-refractivity contribution is -0.203. The van der Waals surface area contributed by atoms with E-state index in [4.69, 9.17) is 4.74 Å². The summed E-state index contributed by atoms with van der Waals surface area (Å²) < 4.78 is 48.0. The number of nitrogens with one attached hydrogen (secondary N) is 1. The van der Waals surface area contributed by atoms with Gasteiger partial charge in [-0.3, -0.25) is 10.2 Å². The molecule has 0 spiro atoms. The van der Waals surface area contributed by atoms with Crippen LogP contribution in [-0.2, 0) is 4.79 Å². The zero-order valence-electron chi connectivity index (χ0n) is 16.3. The molecule has 0 bridgehead atoms. The molecule has 4 nitrogen and oxygen atoms in total. The molecule has 2 aromatic carbocycles. The van der Waals surface area contributed by atoms with Crippen LogP contribution in [0.1, 0.15) is 51.6 Å². The van der Waals surface area contributed by atoms with Crippen LogP contribution in [-0.4, -0.2) is 29.2 Å². The van der Waals surface area contributed by atoms with Gasteiger partial charge in [0, 0.05) is 17.3 Å². The number of halogens is 3. The van der Waals surface area contributed by atoms with Crippen molar-refractivity contribution in [2.45, 2.75) is 57.8 Å². The quantitative estimate of drug-likeness (QED) is 0.690. The van der Waals surface area contributed by atoms with Gasteiger partial charge < -0.3 is 4.74 Å². The maximum Gasteiger partial charge on any atom is 0.409 e. The number of hydrogen-bond acceptors (Lipinski definition) is 3. The third kappa shape index (κ3) is 4.09. The van der Waals surface area contributed by atoms with Crippen molar-refractivity contribution in [2.24, 2.45) is 0 Å². The predicted molar refractivity (Wildman–Crippen MR) is 102 cm³/mol. The number of rotatable bonds is 6. The molecule has 0 aromatic heterocycles. The molecule has 2 aromatic rings. The van der Waals surface area contributed by atoms with Crippen molar-refractivity contribution in [3.05, 3.63) is 42.0 Å².